The first kappa shape index (κ1) is 21.6. The SMILES string of the molecule is C=CCN1C(=O)[C@@H](CC(=O)Nc2ccccc2OC)SC1=Nc1ccccc1CC. The molecule has 1 aliphatic heterocycles. The monoisotopic (exact) mass is 423 g/mol. The molecule has 0 unspecified atom stereocenters. The molecule has 0 aromatic heterocycles. The molecule has 1 saturated heterocycles. The second-order valence-electron chi connectivity index (χ2n) is 6.67. The molecule has 156 valence electrons. The Morgan fingerprint density at radius 2 is 2.00 bits per heavy atom. The first-order valence-corrected chi connectivity index (χ1v) is 10.6. The third-order valence-electron chi connectivity index (χ3n) is 4.67. The van der Waals surface area contributed by atoms with Gasteiger partial charge in [-0.1, -0.05) is 55.1 Å². The highest BCUT2D eigenvalue weighted by Crippen LogP contribution is 2.33. The van der Waals surface area contributed by atoms with Crippen LogP contribution in [0.25, 0.3) is 0 Å². The molecular weight excluding hydrogens is 398 g/mol. The van der Waals surface area contributed by atoms with Crippen molar-refractivity contribution in [3.8, 4) is 5.75 Å². The number of para-hydroxylation sites is 3. The number of hydrogen-bond acceptors (Lipinski definition) is 5. The van der Waals surface area contributed by atoms with Crippen molar-refractivity contribution < 1.29 is 14.3 Å². The van der Waals surface area contributed by atoms with Crippen LogP contribution in [0, 0.1) is 0 Å². The fourth-order valence-electron chi connectivity index (χ4n) is 3.16. The van der Waals surface area contributed by atoms with Gasteiger partial charge in [0.25, 0.3) is 0 Å². The molecule has 2 amide bonds. The number of amidine groups is 1. The average Bonchev–Trinajstić information content (AvgIpc) is 3.03. The number of benzene rings is 2. The Morgan fingerprint density at radius 1 is 1.27 bits per heavy atom. The highest BCUT2D eigenvalue weighted by molar-refractivity contribution is 8.15. The van der Waals surface area contributed by atoms with Crippen molar-refractivity contribution in [1.29, 1.82) is 0 Å². The minimum atomic E-state index is -0.535. The molecular formula is C23H25N3O3S. The molecule has 1 N–H and O–H groups in total. The van der Waals surface area contributed by atoms with Gasteiger partial charge in [0.1, 0.15) is 11.0 Å². The summed E-state index contributed by atoms with van der Waals surface area (Å²) in [5.41, 5.74) is 2.52. The summed E-state index contributed by atoms with van der Waals surface area (Å²) < 4.78 is 5.27. The van der Waals surface area contributed by atoms with Gasteiger partial charge in [-0.05, 0) is 30.2 Å². The number of carbonyl (C=O) groups is 2. The molecule has 3 rings (SSSR count). The van der Waals surface area contributed by atoms with Crippen LogP contribution >= 0.6 is 11.8 Å². The summed E-state index contributed by atoms with van der Waals surface area (Å²) in [5.74, 6) is 0.185. The molecule has 6 nitrogen and oxygen atoms in total. The van der Waals surface area contributed by atoms with Crippen molar-refractivity contribution in [2.75, 3.05) is 19.0 Å². The number of carbonyl (C=O) groups excluding carboxylic acids is 2. The van der Waals surface area contributed by atoms with Gasteiger partial charge in [0.15, 0.2) is 5.17 Å². The Labute approximate surface area is 181 Å². The van der Waals surface area contributed by atoms with Crippen molar-refractivity contribution in [3.63, 3.8) is 0 Å². The predicted octanol–water partition coefficient (Wildman–Crippen LogP) is 4.40. The summed E-state index contributed by atoms with van der Waals surface area (Å²) in [5, 5.41) is 2.89. The van der Waals surface area contributed by atoms with Gasteiger partial charge >= 0.3 is 0 Å². The van der Waals surface area contributed by atoms with E-state index >= 15 is 0 Å². The van der Waals surface area contributed by atoms with E-state index in [0.717, 1.165) is 17.7 Å². The Hall–Kier alpha value is -3.06. The number of thioether (sulfide) groups is 1. The Kier molecular flexibility index (Phi) is 7.30. The smallest absolute Gasteiger partial charge is 0.242 e. The minimum absolute atomic E-state index is 0.0453. The standard InChI is InChI=1S/C23H25N3O3S/c1-4-14-26-22(28)20(15-21(27)24-18-12-8-9-13-19(18)29-3)30-23(26)25-17-11-7-6-10-16(17)5-2/h4,6-13,20H,1,5,14-15H2,2-3H3,(H,24,27)/t20-/m1/s1. The van der Waals surface area contributed by atoms with Crippen LogP contribution in [0.5, 0.6) is 5.75 Å². The second-order valence-corrected chi connectivity index (χ2v) is 7.84. The van der Waals surface area contributed by atoms with Gasteiger partial charge in [0.2, 0.25) is 11.8 Å². The molecule has 0 bridgehead atoms. The van der Waals surface area contributed by atoms with E-state index in [2.05, 4.69) is 18.8 Å². The maximum atomic E-state index is 12.9. The van der Waals surface area contributed by atoms with Crippen molar-refractivity contribution in [1.82, 2.24) is 4.90 Å². The van der Waals surface area contributed by atoms with Gasteiger partial charge < -0.3 is 10.1 Å². The van der Waals surface area contributed by atoms with Crippen LogP contribution in [0.1, 0.15) is 18.9 Å². The number of methoxy groups -OCH3 is 1. The lowest BCUT2D eigenvalue weighted by Gasteiger charge is -2.14. The van der Waals surface area contributed by atoms with Gasteiger partial charge in [-0.3, -0.25) is 14.5 Å². The molecule has 1 heterocycles. The van der Waals surface area contributed by atoms with Crippen molar-refractivity contribution >= 4 is 40.1 Å². The molecule has 2 aromatic rings. The lowest BCUT2D eigenvalue weighted by molar-refractivity contribution is -0.127. The number of anilines is 1. The van der Waals surface area contributed by atoms with Crippen LogP contribution in [0.3, 0.4) is 0 Å². The molecule has 2 aromatic carbocycles. The van der Waals surface area contributed by atoms with Crippen molar-refractivity contribution in [3.05, 3.63) is 66.7 Å². The summed E-state index contributed by atoms with van der Waals surface area (Å²) in [6.07, 6.45) is 2.55. The van der Waals surface area contributed by atoms with Gasteiger partial charge in [-0.2, -0.15) is 0 Å². The molecule has 0 aliphatic carbocycles. The van der Waals surface area contributed by atoms with Crippen LogP contribution < -0.4 is 10.1 Å². The predicted molar refractivity (Wildman–Crippen MR) is 122 cm³/mol. The number of ether oxygens (including phenoxy) is 1. The lowest BCUT2D eigenvalue weighted by atomic mass is 10.1. The van der Waals surface area contributed by atoms with Crippen LogP contribution in [0.2, 0.25) is 0 Å². The highest BCUT2D eigenvalue weighted by atomic mass is 32.2. The lowest BCUT2D eigenvalue weighted by Crippen LogP contribution is -2.33. The van der Waals surface area contributed by atoms with Crippen molar-refractivity contribution in [2.45, 2.75) is 25.0 Å². The van der Waals surface area contributed by atoms with Gasteiger partial charge in [-0.25, -0.2) is 4.99 Å². The fourth-order valence-corrected chi connectivity index (χ4v) is 4.32. The van der Waals surface area contributed by atoms with E-state index < -0.39 is 5.25 Å². The van der Waals surface area contributed by atoms with Gasteiger partial charge in [0.05, 0.1) is 18.5 Å². The summed E-state index contributed by atoms with van der Waals surface area (Å²) in [7, 11) is 1.55. The number of aliphatic imine (C=N–C) groups is 1. The summed E-state index contributed by atoms with van der Waals surface area (Å²) in [6, 6.07) is 15.0. The summed E-state index contributed by atoms with van der Waals surface area (Å²) in [6.45, 7) is 6.16. The topological polar surface area (TPSA) is 71.0 Å². The van der Waals surface area contributed by atoms with E-state index in [9.17, 15) is 9.59 Å². The molecule has 0 radical (unpaired) electrons. The van der Waals surface area contributed by atoms with Crippen LogP contribution in [-0.4, -0.2) is 40.8 Å². The molecule has 1 aliphatic rings. The molecule has 1 atom stereocenters. The molecule has 30 heavy (non-hydrogen) atoms. The maximum absolute atomic E-state index is 12.9. The van der Waals surface area contributed by atoms with E-state index in [1.807, 2.05) is 36.4 Å². The van der Waals surface area contributed by atoms with E-state index in [0.29, 0.717) is 23.1 Å². The van der Waals surface area contributed by atoms with Crippen LogP contribution in [0.4, 0.5) is 11.4 Å². The second kappa shape index (κ2) is 10.1. The first-order chi connectivity index (χ1) is 14.6. The summed E-state index contributed by atoms with van der Waals surface area (Å²) in [4.78, 5) is 31.9. The third kappa shape index (κ3) is 4.91. The van der Waals surface area contributed by atoms with Crippen LogP contribution in [-0.2, 0) is 16.0 Å². The Balaban J connectivity index is 1.78. The fraction of sp³-hybridized carbons (Fsp3) is 0.261. The molecule has 1 fully saturated rings. The number of nitrogens with one attached hydrogen (secondary N) is 1. The molecule has 0 saturated carbocycles. The van der Waals surface area contributed by atoms with Crippen molar-refractivity contribution in [2.24, 2.45) is 4.99 Å². The average molecular weight is 424 g/mol. The number of hydrogen-bond donors (Lipinski definition) is 1. The normalized spacial score (nSPS) is 17.3. The Morgan fingerprint density at radius 3 is 2.73 bits per heavy atom. The largest absolute Gasteiger partial charge is 0.495 e. The first-order valence-electron chi connectivity index (χ1n) is 9.75. The maximum Gasteiger partial charge on any atom is 0.242 e. The summed E-state index contributed by atoms with van der Waals surface area (Å²) >= 11 is 1.32. The Bertz CT molecular complexity index is 974. The third-order valence-corrected chi connectivity index (χ3v) is 5.85. The minimum Gasteiger partial charge on any atom is -0.495 e. The van der Waals surface area contributed by atoms with E-state index in [4.69, 9.17) is 9.73 Å². The van der Waals surface area contributed by atoms with Gasteiger partial charge in [-0.15, -0.1) is 6.58 Å². The number of nitrogens with zero attached hydrogens (tertiary/aromatic N) is 2. The zero-order valence-electron chi connectivity index (χ0n) is 17.1. The van der Waals surface area contributed by atoms with Gasteiger partial charge in [0, 0.05) is 13.0 Å². The molecule has 7 heteroatoms. The number of aryl methyl sites for hydroxylation is 1. The van der Waals surface area contributed by atoms with E-state index in [-0.39, 0.29) is 18.2 Å². The van der Waals surface area contributed by atoms with E-state index in [1.165, 1.54) is 11.8 Å². The van der Waals surface area contributed by atoms with E-state index in [1.54, 1.807) is 30.2 Å². The highest BCUT2D eigenvalue weighted by Gasteiger charge is 2.38. The quantitative estimate of drug-likeness (QED) is 0.639. The zero-order chi connectivity index (χ0) is 21.5. The molecule has 0 spiro atoms. The van der Waals surface area contributed by atoms with Crippen LogP contribution in [0.15, 0.2) is 66.2 Å². The number of amides is 2. The zero-order valence-corrected chi connectivity index (χ0v) is 17.9. The number of rotatable bonds is 8.